The van der Waals surface area contributed by atoms with Crippen LogP contribution in [0.1, 0.15) is 49.7 Å². The maximum absolute atomic E-state index is 13.5. The predicted molar refractivity (Wildman–Crippen MR) is 191 cm³/mol. The lowest BCUT2D eigenvalue weighted by Gasteiger charge is -2.48. The first-order chi connectivity index (χ1) is 26.1. The van der Waals surface area contributed by atoms with Gasteiger partial charge in [-0.3, -0.25) is 19.2 Å². The lowest BCUT2D eigenvalue weighted by Crippen LogP contribution is -2.63. The number of primary amides is 1. The summed E-state index contributed by atoms with van der Waals surface area (Å²) in [5.74, 6) is -2.84. The van der Waals surface area contributed by atoms with E-state index < -0.39 is 78.8 Å². The number of rotatable bonds is 17. The molecule has 5 rings (SSSR count). The standard InChI is InChI=1S/C38H44N6O10/c1-23(35(47)42-28(34(39)46)18-19-30(45)49-20-25-12-6-3-7-13-25)41-36(48)24(2)52-33-31(43-44-40)38(50-21-26-14-8-4-9-15-26)53-29-22-51-37(54-32(29)33)27-16-10-5-11-17-27/h3-17,23-24,28-29,31-33,37-38H,18-22H2,1-2H3,(H2,39,46)(H,41,48)(H,42,47)/t23-,24+,28+,29?,31-,32+,33?,37?,38-/m0/s1. The Morgan fingerprint density at radius 1 is 0.889 bits per heavy atom. The van der Waals surface area contributed by atoms with E-state index in [4.69, 9.17) is 34.2 Å². The number of nitrogens with two attached hydrogens (primary N) is 1. The minimum Gasteiger partial charge on any atom is -0.461 e. The van der Waals surface area contributed by atoms with Gasteiger partial charge in [0.05, 0.1) is 13.2 Å². The molecule has 2 heterocycles. The molecule has 0 aromatic heterocycles. The maximum atomic E-state index is 13.5. The molecule has 0 saturated carbocycles. The zero-order chi connectivity index (χ0) is 38.5. The van der Waals surface area contributed by atoms with Gasteiger partial charge in [0.25, 0.3) is 0 Å². The molecule has 0 radical (unpaired) electrons. The summed E-state index contributed by atoms with van der Waals surface area (Å²) in [5.41, 5.74) is 17.5. The monoisotopic (exact) mass is 744 g/mol. The van der Waals surface area contributed by atoms with E-state index in [1.165, 1.54) is 13.8 Å². The zero-order valence-corrected chi connectivity index (χ0v) is 29.9. The van der Waals surface area contributed by atoms with Gasteiger partial charge in [-0.15, -0.1) is 0 Å². The Kier molecular flexibility index (Phi) is 14.5. The number of esters is 1. The van der Waals surface area contributed by atoms with Crippen molar-refractivity contribution in [3.63, 3.8) is 0 Å². The van der Waals surface area contributed by atoms with Crippen molar-refractivity contribution in [1.82, 2.24) is 10.6 Å². The van der Waals surface area contributed by atoms with E-state index in [2.05, 4.69) is 20.7 Å². The third-order valence-electron chi connectivity index (χ3n) is 8.84. The number of amides is 3. The molecule has 3 unspecified atom stereocenters. The smallest absolute Gasteiger partial charge is 0.306 e. The summed E-state index contributed by atoms with van der Waals surface area (Å²) in [7, 11) is 0. The van der Waals surface area contributed by atoms with Crippen molar-refractivity contribution in [2.45, 2.75) is 95.0 Å². The van der Waals surface area contributed by atoms with Crippen LogP contribution in [0.3, 0.4) is 0 Å². The Morgan fingerprint density at radius 2 is 1.52 bits per heavy atom. The van der Waals surface area contributed by atoms with Crippen molar-refractivity contribution in [3.05, 3.63) is 118 Å². The second-order valence-electron chi connectivity index (χ2n) is 12.8. The number of nitrogens with zero attached hydrogens (tertiary/aromatic N) is 3. The van der Waals surface area contributed by atoms with Crippen LogP contribution in [0.4, 0.5) is 0 Å². The van der Waals surface area contributed by atoms with Crippen LogP contribution in [0.2, 0.25) is 0 Å². The van der Waals surface area contributed by atoms with E-state index in [9.17, 15) is 24.7 Å². The fourth-order valence-corrected chi connectivity index (χ4v) is 5.92. The number of hydrogen-bond acceptors (Lipinski definition) is 11. The summed E-state index contributed by atoms with van der Waals surface area (Å²) in [6.07, 6.45) is -6.01. The van der Waals surface area contributed by atoms with Crippen LogP contribution >= 0.6 is 0 Å². The fourth-order valence-electron chi connectivity index (χ4n) is 5.92. The van der Waals surface area contributed by atoms with Crippen LogP contribution in [-0.2, 0) is 60.8 Å². The van der Waals surface area contributed by atoms with Gasteiger partial charge in [0, 0.05) is 16.9 Å². The SMILES string of the molecule is C[C@H](NC(=O)[C@@H](C)OC1[C@@H]2OC(c3ccccc3)OCC2O[C@H](OCc2ccccc2)[C@H]1N=[N+]=[N-])C(=O)N[C@H](CCC(=O)OCc1ccccc1)C(N)=O. The molecule has 16 heteroatoms. The first kappa shape index (κ1) is 39.8. The largest absolute Gasteiger partial charge is 0.461 e. The summed E-state index contributed by atoms with van der Waals surface area (Å²) in [5, 5.41) is 9.03. The predicted octanol–water partition coefficient (Wildman–Crippen LogP) is 3.49. The molecule has 4 N–H and O–H groups in total. The topological polar surface area (TPSA) is 222 Å². The highest BCUT2D eigenvalue weighted by Crippen LogP contribution is 2.37. The fraction of sp³-hybridized carbons (Fsp3) is 0.421. The van der Waals surface area contributed by atoms with Crippen molar-refractivity contribution in [1.29, 1.82) is 0 Å². The average Bonchev–Trinajstić information content (AvgIpc) is 3.19. The van der Waals surface area contributed by atoms with E-state index in [1.807, 2.05) is 78.9 Å². The highest BCUT2D eigenvalue weighted by molar-refractivity contribution is 5.92. The van der Waals surface area contributed by atoms with Crippen LogP contribution in [0.5, 0.6) is 0 Å². The highest BCUT2D eigenvalue weighted by atomic mass is 16.8. The molecule has 2 saturated heterocycles. The van der Waals surface area contributed by atoms with Crippen LogP contribution in [-0.4, -0.2) is 79.1 Å². The Bertz CT molecular complexity index is 1750. The molecule has 2 fully saturated rings. The van der Waals surface area contributed by atoms with E-state index in [-0.39, 0.29) is 32.7 Å². The molecule has 0 spiro atoms. The van der Waals surface area contributed by atoms with Gasteiger partial charge in [0.15, 0.2) is 12.6 Å². The van der Waals surface area contributed by atoms with Gasteiger partial charge in [-0.2, -0.15) is 0 Å². The molecule has 54 heavy (non-hydrogen) atoms. The van der Waals surface area contributed by atoms with Gasteiger partial charge < -0.3 is 44.8 Å². The Balaban J connectivity index is 1.22. The minimum absolute atomic E-state index is 0.0599. The van der Waals surface area contributed by atoms with Gasteiger partial charge >= 0.3 is 5.97 Å². The van der Waals surface area contributed by atoms with E-state index in [0.29, 0.717) is 0 Å². The molecule has 2 aliphatic rings. The summed E-state index contributed by atoms with van der Waals surface area (Å²) in [6, 6.07) is 24.2. The quantitative estimate of drug-likeness (QED) is 0.0790. The van der Waals surface area contributed by atoms with E-state index in [1.54, 1.807) is 12.1 Å². The molecule has 2 aliphatic heterocycles. The number of carbonyl (C=O) groups is 4. The zero-order valence-electron chi connectivity index (χ0n) is 29.9. The van der Waals surface area contributed by atoms with Gasteiger partial charge in [-0.05, 0) is 36.9 Å². The van der Waals surface area contributed by atoms with Crippen LogP contribution in [0.15, 0.2) is 96.1 Å². The molecular formula is C38H44N6O10. The third-order valence-corrected chi connectivity index (χ3v) is 8.84. The van der Waals surface area contributed by atoms with Crippen LogP contribution in [0.25, 0.3) is 10.4 Å². The first-order valence-corrected chi connectivity index (χ1v) is 17.5. The number of hydrogen-bond donors (Lipinski definition) is 3. The molecule has 9 atom stereocenters. The van der Waals surface area contributed by atoms with Gasteiger partial charge in [0.2, 0.25) is 17.7 Å². The maximum Gasteiger partial charge on any atom is 0.306 e. The first-order valence-electron chi connectivity index (χ1n) is 17.5. The third kappa shape index (κ3) is 11.1. The van der Waals surface area contributed by atoms with E-state index >= 15 is 0 Å². The molecular weight excluding hydrogens is 700 g/mol. The Morgan fingerprint density at radius 3 is 2.15 bits per heavy atom. The van der Waals surface area contributed by atoms with Crippen molar-refractivity contribution in [3.8, 4) is 0 Å². The van der Waals surface area contributed by atoms with Crippen molar-refractivity contribution in [2.75, 3.05) is 6.61 Å². The highest BCUT2D eigenvalue weighted by Gasteiger charge is 2.52. The van der Waals surface area contributed by atoms with Gasteiger partial charge in [0.1, 0.15) is 49.1 Å². The summed E-state index contributed by atoms with van der Waals surface area (Å²) >= 11 is 0. The molecule has 3 amide bonds. The summed E-state index contributed by atoms with van der Waals surface area (Å²) in [4.78, 5) is 54.0. The number of carbonyl (C=O) groups excluding carboxylic acids is 4. The molecule has 286 valence electrons. The van der Waals surface area contributed by atoms with Crippen molar-refractivity contribution >= 4 is 23.7 Å². The number of fused-ring (bicyclic) bond motifs is 1. The molecule has 3 aromatic rings. The molecule has 0 bridgehead atoms. The van der Waals surface area contributed by atoms with Gasteiger partial charge in [-0.25, -0.2) is 0 Å². The Hall–Kier alpha value is -5.35. The normalized spacial score (nSPS) is 23.7. The van der Waals surface area contributed by atoms with Crippen LogP contribution < -0.4 is 16.4 Å². The van der Waals surface area contributed by atoms with E-state index in [0.717, 1.165) is 16.7 Å². The molecule has 0 aliphatic carbocycles. The second kappa shape index (κ2) is 19.6. The minimum atomic E-state index is -1.21. The Labute approximate surface area is 312 Å². The molecule has 3 aromatic carbocycles. The van der Waals surface area contributed by atoms with Crippen molar-refractivity contribution < 1.29 is 47.6 Å². The lowest BCUT2D eigenvalue weighted by atomic mass is 9.95. The van der Waals surface area contributed by atoms with Crippen LogP contribution in [0, 0.1) is 0 Å². The summed E-state index contributed by atoms with van der Waals surface area (Å²) in [6.45, 7) is 3.16. The lowest BCUT2D eigenvalue weighted by molar-refractivity contribution is -0.349. The second-order valence-corrected chi connectivity index (χ2v) is 12.8. The van der Waals surface area contributed by atoms with Crippen molar-refractivity contribution in [2.24, 2.45) is 10.8 Å². The molecule has 16 nitrogen and oxygen atoms in total. The number of benzene rings is 3. The number of nitrogens with one attached hydrogen (secondary N) is 2. The van der Waals surface area contributed by atoms with Gasteiger partial charge in [-0.1, -0.05) is 96.1 Å². The number of ether oxygens (including phenoxy) is 6. The number of azide groups is 1. The summed E-state index contributed by atoms with van der Waals surface area (Å²) < 4.78 is 36.2. The average molecular weight is 745 g/mol.